The maximum absolute atomic E-state index is 13.4. The third-order valence-corrected chi connectivity index (χ3v) is 3.64. The second-order valence-electron chi connectivity index (χ2n) is 5.13. The Morgan fingerprint density at radius 3 is 2.86 bits per heavy atom. The number of aromatic carboxylic acids is 1. The minimum absolute atomic E-state index is 0.246. The summed E-state index contributed by atoms with van der Waals surface area (Å²) in [4.78, 5) is 10.8. The van der Waals surface area contributed by atoms with Gasteiger partial charge in [0.15, 0.2) is 0 Å². The molecular weight excluding hydrogens is 277 g/mol. The second-order valence-corrected chi connectivity index (χ2v) is 5.13. The Morgan fingerprint density at radius 1 is 1.43 bits per heavy atom. The molecule has 1 aliphatic rings. The van der Waals surface area contributed by atoms with E-state index in [1.807, 2.05) is 0 Å². The molecule has 0 spiro atoms. The van der Waals surface area contributed by atoms with E-state index in [-0.39, 0.29) is 11.5 Å². The topological polar surface area (TPSA) is 72.6 Å². The van der Waals surface area contributed by atoms with Gasteiger partial charge in [-0.3, -0.25) is 0 Å². The van der Waals surface area contributed by atoms with Crippen LogP contribution in [0.25, 0.3) is 11.3 Å². The molecule has 0 unspecified atom stereocenters. The van der Waals surface area contributed by atoms with Crippen LogP contribution in [0.5, 0.6) is 5.75 Å². The quantitative estimate of drug-likeness (QED) is 0.914. The predicted molar refractivity (Wildman–Crippen MR) is 71.7 cm³/mol. The lowest BCUT2D eigenvalue weighted by Crippen LogP contribution is -2.19. The molecule has 0 amide bonds. The zero-order valence-electron chi connectivity index (χ0n) is 11.2. The van der Waals surface area contributed by atoms with Crippen LogP contribution in [0, 0.1) is 11.7 Å². The largest absolute Gasteiger partial charge is 0.493 e. The van der Waals surface area contributed by atoms with Gasteiger partial charge >= 0.3 is 5.97 Å². The van der Waals surface area contributed by atoms with Gasteiger partial charge in [-0.1, -0.05) is 11.6 Å². The highest BCUT2D eigenvalue weighted by Gasteiger charge is 2.20. The molecule has 0 saturated heterocycles. The highest BCUT2D eigenvalue weighted by atomic mass is 19.1. The van der Waals surface area contributed by atoms with E-state index in [1.54, 1.807) is 0 Å². The van der Waals surface area contributed by atoms with Crippen molar-refractivity contribution in [2.45, 2.75) is 19.3 Å². The first-order valence-corrected chi connectivity index (χ1v) is 6.76. The van der Waals surface area contributed by atoms with Gasteiger partial charge in [0.25, 0.3) is 0 Å². The molecule has 1 aliphatic carbocycles. The van der Waals surface area contributed by atoms with Crippen LogP contribution in [0.1, 0.15) is 29.8 Å². The van der Waals surface area contributed by atoms with Crippen LogP contribution in [0.4, 0.5) is 4.39 Å². The number of rotatable bonds is 5. The molecule has 2 aromatic rings. The smallest absolute Gasteiger partial charge is 0.374 e. The minimum Gasteiger partial charge on any atom is -0.493 e. The molecule has 3 rings (SSSR count). The lowest BCUT2D eigenvalue weighted by molar-refractivity contribution is 0.0652. The lowest BCUT2D eigenvalue weighted by Gasteiger charge is -2.25. The van der Waals surface area contributed by atoms with Crippen LogP contribution in [0.2, 0.25) is 0 Å². The number of halogens is 1. The van der Waals surface area contributed by atoms with Crippen LogP contribution in [0.3, 0.4) is 0 Å². The number of nitrogens with zero attached hydrogens (tertiary/aromatic N) is 1. The fourth-order valence-corrected chi connectivity index (χ4v) is 2.20. The third-order valence-electron chi connectivity index (χ3n) is 3.64. The maximum atomic E-state index is 13.4. The third kappa shape index (κ3) is 2.89. The Bertz CT molecular complexity index is 663. The lowest BCUT2D eigenvalue weighted by atomic mass is 9.86. The van der Waals surface area contributed by atoms with Gasteiger partial charge in [-0.05, 0) is 37.0 Å². The molecule has 1 aromatic heterocycles. The Morgan fingerprint density at radius 2 is 2.24 bits per heavy atom. The molecule has 1 aromatic carbocycles. The van der Waals surface area contributed by atoms with Crippen LogP contribution in [0.15, 0.2) is 28.8 Å². The first-order chi connectivity index (χ1) is 10.1. The van der Waals surface area contributed by atoms with Gasteiger partial charge in [-0.25, -0.2) is 9.18 Å². The monoisotopic (exact) mass is 291 g/mol. The number of aromatic nitrogens is 1. The van der Waals surface area contributed by atoms with Gasteiger partial charge in [-0.15, -0.1) is 0 Å². The Hall–Kier alpha value is -2.37. The number of hydrogen-bond donors (Lipinski definition) is 1. The summed E-state index contributed by atoms with van der Waals surface area (Å²) in [6.45, 7) is 0.572. The highest BCUT2D eigenvalue weighted by molar-refractivity contribution is 5.86. The van der Waals surface area contributed by atoms with Crippen LogP contribution >= 0.6 is 0 Å². The molecule has 1 N–H and O–H groups in total. The van der Waals surface area contributed by atoms with Gasteiger partial charge < -0.3 is 14.4 Å². The van der Waals surface area contributed by atoms with Crippen molar-refractivity contribution in [2.24, 2.45) is 5.92 Å². The molecule has 0 radical (unpaired) electrons. The zero-order valence-corrected chi connectivity index (χ0v) is 11.2. The molecule has 1 saturated carbocycles. The summed E-state index contributed by atoms with van der Waals surface area (Å²) in [7, 11) is 0. The van der Waals surface area contributed by atoms with Crippen molar-refractivity contribution in [1.29, 1.82) is 0 Å². The number of carbonyl (C=O) groups is 1. The summed E-state index contributed by atoms with van der Waals surface area (Å²) in [5.41, 5.74) is 0.640. The fraction of sp³-hybridized carbons (Fsp3) is 0.333. The number of carboxylic acid groups (broad SMARTS) is 1. The molecule has 1 fully saturated rings. The van der Waals surface area contributed by atoms with Crippen LogP contribution in [-0.2, 0) is 0 Å². The van der Waals surface area contributed by atoms with Crippen LogP contribution < -0.4 is 4.74 Å². The first kappa shape index (κ1) is 13.6. The second kappa shape index (κ2) is 5.55. The molecular formula is C15H14FNO4. The van der Waals surface area contributed by atoms with E-state index in [0.717, 1.165) is 12.8 Å². The van der Waals surface area contributed by atoms with E-state index in [0.29, 0.717) is 23.8 Å². The van der Waals surface area contributed by atoms with Crippen LogP contribution in [-0.4, -0.2) is 22.8 Å². The van der Waals surface area contributed by atoms with E-state index >= 15 is 0 Å². The molecule has 0 bridgehead atoms. The molecule has 110 valence electrons. The zero-order chi connectivity index (χ0) is 14.8. The minimum atomic E-state index is -1.22. The number of benzene rings is 1. The fourth-order valence-electron chi connectivity index (χ4n) is 2.20. The SMILES string of the molecule is O=C(O)c1cc(-c2cc(F)ccc2OCC2CCC2)no1. The van der Waals surface area contributed by atoms with E-state index in [9.17, 15) is 9.18 Å². The summed E-state index contributed by atoms with van der Waals surface area (Å²) in [5, 5.41) is 12.5. The highest BCUT2D eigenvalue weighted by Crippen LogP contribution is 2.33. The summed E-state index contributed by atoms with van der Waals surface area (Å²) >= 11 is 0. The standard InChI is InChI=1S/C15H14FNO4/c16-10-4-5-13(20-8-9-2-1-3-9)11(6-10)12-7-14(15(18)19)21-17-12/h4-7,9H,1-3,8H2,(H,18,19). The van der Waals surface area contributed by atoms with Gasteiger partial charge in [0.05, 0.1) is 6.61 Å². The van der Waals surface area contributed by atoms with Gasteiger partial charge in [0.2, 0.25) is 5.76 Å². The summed E-state index contributed by atoms with van der Waals surface area (Å²) in [5.74, 6) is -0.939. The van der Waals surface area contributed by atoms with Crippen molar-refractivity contribution < 1.29 is 23.6 Å². The van der Waals surface area contributed by atoms with Crippen molar-refractivity contribution >= 4 is 5.97 Å². The van der Waals surface area contributed by atoms with Crippen molar-refractivity contribution in [3.8, 4) is 17.0 Å². The number of carboxylic acids is 1. The molecule has 0 aliphatic heterocycles. The van der Waals surface area contributed by atoms with E-state index in [2.05, 4.69) is 5.16 Å². The molecule has 5 nitrogen and oxygen atoms in total. The van der Waals surface area contributed by atoms with Crippen molar-refractivity contribution in [2.75, 3.05) is 6.61 Å². The van der Waals surface area contributed by atoms with E-state index < -0.39 is 11.8 Å². The maximum Gasteiger partial charge on any atom is 0.374 e. The average molecular weight is 291 g/mol. The van der Waals surface area contributed by atoms with Gasteiger partial charge in [-0.2, -0.15) is 0 Å². The van der Waals surface area contributed by atoms with Gasteiger partial charge in [0, 0.05) is 11.6 Å². The molecule has 1 heterocycles. The molecule has 0 atom stereocenters. The number of hydrogen-bond acceptors (Lipinski definition) is 4. The summed E-state index contributed by atoms with van der Waals surface area (Å²) < 4.78 is 23.9. The Kier molecular flexibility index (Phi) is 3.60. The first-order valence-electron chi connectivity index (χ1n) is 6.76. The van der Waals surface area contributed by atoms with Gasteiger partial charge in [0.1, 0.15) is 17.3 Å². The van der Waals surface area contributed by atoms with E-state index in [1.165, 1.54) is 30.7 Å². The Labute approximate surface area is 120 Å². The molecule has 6 heteroatoms. The van der Waals surface area contributed by atoms with Crippen molar-refractivity contribution in [3.63, 3.8) is 0 Å². The van der Waals surface area contributed by atoms with E-state index in [4.69, 9.17) is 14.4 Å². The average Bonchev–Trinajstić information content (AvgIpc) is 2.88. The molecule has 21 heavy (non-hydrogen) atoms. The van der Waals surface area contributed by atoms with Crippen molar-refractivity contribution in [3.05, 3.63) is 35.8 Å². The normalized spacial score (nSPS) is 14.7. The van der Waals surface area contributed by atoms with Crippen molar-refractivity contribution in [1.82, 2.24) is 5.16 Å². The number of ether oxygens (including phenoxy) is 1. The summed E-state index contributed by atoms with van der Waals surface area (Å²) in [6, 6.07) is 5.35. The summed E-state index contributed by atoms with van der Waals surface area (Å²) in [6.07, 6.45) is 3.50. The predicted octanol–water partition coefficient (Wildman–Crippen LogP) is 3.36. The Balaban J connectivity index is 1.87.